The summed E-state index contributed by atoms with van der Waals surface area (Å²) in [6.45, 7) is 3.18. The normalized spacial score (nSPS) is 16.7. The standard InChI is InChI=1S/C30H33Br2N9O3/c31-21-15-19(16-22(32)27(21)33)17-24(28(42)39-13-11-38(12-14-39)26-18-34-7-8-35-26)37-29(43)40-9-5-20(6-10-40)41-25-4-2-1-3-23(25)36-30(41)44/h1-4,7-8,15-16,18,20,24H,5-6,9-14,17,33H2,(H,36,44)(H,37,43)/t24-/m1/s1. The number of hydrogen-bond acceptors (Lipinski definition) is 7. The Morgan fingerprint density at radius 1 is 1.00 bits per heavy atom. The van der Waals surface area contributed by atoms with E-state index in [0.29, 0.717) is 73.2 Å². The molecule has 2 aromatic carbocycles. The SMILES string of the molecule is Nc1c(Br)cc(C[C@@H](NC(=O)N2CCC(n3c(=O)[nH]c4ccccc43)CC2)C(=O)N2CCN(c3cnccn3)CC2)cc1Br. The van der Waals surface area contributed by atoms with E-state index in [4.69, 9.17) is 5.73 Å². The topological polar surface area (TPSA) is 145 Å². The predicted octanol–water partition coefficient (Wildman–Crippen LogP) is 3.53. The maximum Gasteiger partial charge on any atom is 0.326 e. The highest BCUT2D eigenvalue weighted by atomic mass is 79.9. The zero-order chi connectivity index (χ0) is 30.8. The quantitative estimate of drug-likeness (QED) is 0.258. The van der Waals surface area contributed by atoms with Crippen molar-refractivity contribution in [1.82, 2.24) is 34.6 Å². The van der Waals surface area contributed by atoms with Crippen LogP contribution >= 0.6 is 31.9 Å². The Morgan fingerprint density at radius 2 is 1.70 bits per heavy atom. The molecule has 44 heavy (non-hydrogen) atoms. The summed E-state index contributed by atoms with van der Waals surface area (Å²) in [5.41, 5.74) is 9.05. The lowest BCUT2D eigenvalue weighted by Gasteiger charge is -2.38. The number of fused-ring (bicyclic) bond motifs is 1. The number of piperidine rings is 1. The van der Waals surface area contributed by atoms with E-state index in [1.807, 2.05) is 36.4 Å². The molecule has 0 unspecified atom stereocenters. The van der Waals surface area contributed by atoms with Crippen LogP contribution in [0, 0.1) is 0 Å². The number of nitrogens with one attached hydrogen (secondary N) is 2. The van der Waals surface area contributed by atoms with Crippen molar-refractivity contribution in [3.63, 3.8) is 0 Å². The number of nitrogen functional groups attached to an aromatic ring is 1. The summed E-state index contributed by atoms with van der Waals surface area (Å²) < 4.78 is 3.23. The van der Waals surface area contributed by atoms with Crippen LogP contribution in [-0.4, -0.2) is 86.6 Å². The van der Waals surface area contributed by atoms with Gasteiger partial charge in [0.05, 0.1) is 22.9 Å². The van der Waals surface area contributed by atoms with Crippen LogP contribution in [0.5, 0.6) is 0 Å². The molecular weight excluding hydrogens is 694 g/mol. The Bertz CT molecular complexity index is 1690. The lowest BCUT2D eigenvalue weighted by Crippen LogP contribution is -2.57. The fourth-order valence-electron chi connectivity index (χ4n) is 6.03. The van der Waals surface area contributed by atoms with Gasteiger partial charge in [-0.1, -0.05) is 12.1 Å². The molecule has 0 bridgehead atoms. The van der Waals surface area contributed by atoms with Crippen LogP contribution in [0.25, 0.3) is 11.0 Å². The van der Waals surface area contributed by atoms with Crippen molar-refractivity contribution < 1.29 is 9.59 Å². The van der Waals surface area contributed by atoms with Gasteiger partial charge in [-0.3, -0.25) is 14.3 Å². The molecule has 4 heterocycles. The minimum atomic E-state index is -0.776. The summed E-state index contributed by atoms with van der Waals surface area (Å²) in [7, 11) is 0. The lowest BCUT2D eigenvalue weighted by atomic mass is 10.0. The molecule has 2 aliphatic rings. The zero-order valence-corrected chi connectivity index (χ0v) is 27.1. The number of rotatable bonds is 6. The third kappa shape index (κ3) is 6.32. The average Bonchev–Trinajstić information content (AvgIpc) is 3.39. The molecule has 230 valence electrons. The van der Waals surface area contributed by atoms with E-state index in [1.165, 1.54) is 0 Å². The number of piperazine rings is 1. The summed E-state index contributed by atoms with van der Waals surface area (Å²) in [6.07, 6.45) is 6.58. The van der Waals surface area contributed by atoms with E-state index in [1.54, 1.807) is 33.0 Å². The van der Waals surface area contributed by atoms with E-state index >= 15 is 0 Å². The highest BCUT2D eigenvalue weighted by Crippen LogP contribution is 2.30. The summed E-state index contributed by atoms with van der Waals surface area (Å²) in [5.74, 6) is 0.640. The smallest absolute Gasteiger partial charge is 0.326 e. The molecule has 6 rings (SSSR count). The number of carbonyl (C=O) groups is 2. The number of para-hydroxylation sites is 2. The summed E-state index contributed by atoms with van der Waals surface area (Å²) >= 11 is 6.99. The van der Waals surface area contributed by atoms with E-state index < -0.39 is 6.04 Å². The molecule has 14 heteroatoms. The first kappa shape index (κ1) is 30.1. The highest BCUT2D eigenvalue weighted by molar-refractivity contribution is 9.11. The van der Waals surface area contributed by atoms with Crippen molar-refractivity contribution in [1.29, 1.82) is 0 Å². The molecule has 0 saturated carbocycles. The van der Waals surface area contributed by atoms with Crippen LogP contribution in [0.3, 0.4) is 0 Å². The van der Waals surface area contributed by atoms with Gasteiger partial charge in [-0.05, 0) is 74.5 Å². The Kier molecular flexibility index (Phi) is 8.89. The number of halogens is 2. The number of likely N-dealkylation sites (tertiary alicyclic amines) is 1. The molecule has 2 aromatic heterocycles. The van der Waals surface area contributed by atoms with Gasteiger partial charge in [0.1, 0.15) is 11.9 Å². The number of imidazole rings is 1. The van der Waals surface area contributed by atoms with Crippen LogP contribution in [0.15, 0.2) is 68.7 Å². The predicted molar refractivity (Wildman–Crippen MR) is 176 cm³/mol. The van der Waals surface area contributed by atoms with Crippen molar-refractivity contribution in [3.05, 3.63) is 80.0 Å². The second kappa shape index (κ2) is 13.0. The number of benzene rings is 2. The number of urea groups is 1. The van der Waals surface area contributed by atoms with Crippen molar-refractivity contribution >= 4 is 66.3 Å². The monoisotopic (exact) mass is 725 g/mol. The van der Waals surface area contributed by atoms with E-state index in [9.17, 15) is 14.4 Å². The van der Waals surface area contributed by atoms with E-state index in [2.05, 4.69) is 57.0 Å². The number of anilines is 2. The maximum atomic E-state index is 13.9. The van der Waals surface area contributed by atoms with Crippen LogP contribution in [0.4, 0.5) is 16.3 Å². The number of hydrogen-bond donors (Lipinski definition) is 3. The van der Waals surface area contributed by atoms with Gasteiger partial charge in [-0.15, -0.1) is 0 Å². The Hall–Kier alpha value is -3.91. The molecule has 2 aliphatic heterocycles. The number of carbonyl (C=O) groups excluding carboxylic acids is 2. The fraction of sp³-hybridized carbons (Fsp3) is 0.367. The molecule has 0 radical (unpaired) electrons. The fourth-order valence-corrected chi connectivity index (χ4v) is 7.31. The molecule has 0 aliphatic carbocycles. The number of nitrogens with zero attached hydrogens (tertiary/aromatic N) is 6. The Labute approximate surface area is 270 Å². The van der Waals surface area contributed by atoms with Crippen LogP contribution < -0.4 is 21.6 Å². The van der Waals surface area contributed by atoms with Crippen LogP contribution in [-0.2, 0) is 11.2 Å². The molecule has 2 fully saturated rings. The first-order valence-electron chi connectivity index (χ1n) is 14.6. The number of aromatic nitrogens is 4. The number of H-pyrrole nitrogens is 1. The van der Waals surface area contributed by atoms with Crippen LogP contribution in [0.1, 0.15) is 24.4 Å². The highest BCUT2D eigenvalue weighted by Gasteiger charge is 2.32. The second-order valence-corrected chi connectivity index (χ2v) is 12.8. The van der Waals surface area contributed by atoms with Gasteiger partial charge in [-0.25, -0.2) is 14.6 Å². The summed E-state index contributed by atoms with van der Waals surface area (Å²) in [6, 6.07) is 10.3. The van der Waals surface area contributed by atoms with Crippen LogP contribution in [0.2, 0.25) is 0 Å². The average molecular weight is 727 g/mol. The first-order chi connectivity index (χ1) is 21.3. The van der Waals surface area contributed by atoms with Gasteiger partial charge < -0.3 is 30.7 Å². The van der Waals surface area contributed by atoms with Crippen molar-refractivity contribution in [3.8, 4) is 0 Å². The molecule has 1 atom stereocenters. The number of nitrogens with two attached hydrogens (primary N) is 1. The summed E-state index contributed by atoms with van der Waals surface area (Å²) in [5, 5.41) is 3.04. The largest absolute Gasteiger partial charge is 0.397 e. The van der Waals surface area contributed by atoms with E-state index in [-0.39, 0.29) is 23.7 Å². The first-order valence-corrected chi connectivity index (χ1v) is 16.1. The molecule has 0 spiro atoms. The summed E-state index contributed by atoms with van der Waals surface area (Å²) in [4.78, 5) is 57.3. The molecule has 4 aromatic rings. The number of amides is 3. The van der Waals surface area contributed by atoms with Gasteiger partial charge in [-0.2, -0.15) is 0 Å². The van der Waals surface area contributed by atoms with Gasteiger partial charge in [0, 0.05) is 73.1 Å². The second-order valence-electron chi connectivity index (χ2n) is 11.1. The van der Waals surface area contributed by atoms with Gasteiger partial charge in [0.15, 0.2) is 0 Å². The maximum absolute atomic E-state index is 13.9. The van der Waals surface area contributed by atoms with Gasteiger partial charge in [0.2, 0.25) is 5.91 Å². The number of aromatic amines is 1. The minimum absolute atomic E-state index is 0.0183. The third-order valence-electron chi connectivity index (χ3n) is 8.38. The van der Waals surface area contributed by atoms with Crippen molar-refractivity contribution in [2.45, 2.75) is 31.3 Å². The van der Waals surface area contributed by atoms with E-state index in [0.717, 1.165) is 22.4 Å². The minimum Gasteiger partial charge on any atom is -0.397 e. The molecule has 3 amide bonds. The molecular formula is C30H33Br2N9O3. The molecule has 4 N–H and O–H groups in total. The van der Waals surface area contributed by atoms with Crippen molar-refractivity contribution in [2.24, 2.45) is 0 Å². The van der Waals surface area contributed by atoms with Crippen molar-refractivity contribution in [2.75, 3.05) is 49.9 Å². The van der Waals surface area contributed by atoms with Gasteiger partial charge >= 0.3 is 11.7 Å². The lowest BCUT2D eigenvalue weighted by molar-refractivity contribution is -0.133. The molecule has 12 nitrogen and oxygen atoms in total. The zero-order valence-electron chi connectivity index (χ0n) is 24.0. The Morgan fingerprint density at radius 3 is 2.39 bits per heavy atom. The Balaban J connectivity index is 1.14. The van der Waals surface area contributed by atoms with Gasteiger partial charge in [0.25, 0.3) is 0 Å². The third-order valence-corrected chi connectivity index (χ3v) is 9.69. The molecule has 2 saturated heterocycles.